The minimum absolute atomic E-state index is 0. The Morgan fingerprint density at radius 1 is 1.12 bits per heavy atom. The minimum Gasteiger partial charge on any atom is -1.00 e. The molecular weight excluding hydrogens is 478 g/mol. The Labute approximate surface area is 213 Å². The van der Waals surface area contributed by atoms with Crippen LogP contribution in [0.5, 0.6) is 0 Å². The fourth-order valence-corrected chi connectivity index (χ4v) is 4.63. The van der Waals surface area contributed by atoms with Crippen LogP contribution in [0, 0.1) is 5.92 Å². The van der Waals surface area contributed by atoms with Gasteiger partial charge in [-0.15, -0.1) is 0 Å². The largest absolute Gasteiger partial charge is 1.00 e. The van der Waals surface area contributed by atoms with Crippen molar-refractivity contribution in [2.45, 2.75) is 91.3 Å². The van der Waals surface area contributed by atoms with Crippen LogP contribution in [-0.4, -0.2) is 60.1 Å². The molecule has 1 aromatic carbocycles. The number of rotatable bonds is 11. The Balaban J connectivity index is 0.00000544. The standard InChI is InChI=1S/C27H48N3O2.BrH/c1-10-26(6)21-25(28-31-20-16-19-30(8,9)12-3)22(4)27(7,11-2)29(26)32-23(5)24-17-14-13-15-18-24;/h13-15,17-18,22-23H,10-12,16,19-21H2,1-9H3;1H/q+1;/p-1. The first-order valence-corrected chi connectivity index (χ1v) is 12.6. The first-order chi connectivity index (χ1) is 15.0. The van der Waals surface area contributed by atoms with E-state index in [1.54, 1.807) is 0 Å². The average molecular weight is 527 g/mol. The third-order valence-corrected chi connectivity index (χ3v) is 8.00. The van der Waals surface area contributed by atoms with Crippen molar-refractivity contribution in [2.75, 3.05) is 33.8 Å². The highest BCUT2D eigenvalue weighted by molar-refractivity contribution is 5.89. The van der Waals surface area contributed by atoms with Crippen LogP contribution >= 0.6 is 0 Å². The van der Waals surface area contributed by atoms with Crippen LogP contribution in [-0.2, 0) is 9.68 Å². The van der Waals surface area contributed by atoms with E-state index in [0.29, 0.717) is 6.61 Å². The number of benzene rings is 1. The number of hydrogen-bond donors (Lipinski definition) is 0. The Kier molecular flexibility index (Phi) is 11.5. The molecule has 0 amide bonds. The van der Waals surface area contributed by atoms with Gasteiger partial charge in [-0.3, -0.25) is 4.84 Å². The van der Waals surface area contributed by atoms with E-state index in [2.05, 4.69) is 98.0 Å². The first-order valence-electron chi connectivity index (χ1n) is 12.6. The number of oxime groups is 1. The van der Waals surface area contributed by atoms with E-state index in [4.69, 9.17) is 14.8 Å². The molecule has 4 unspecified atom stereocenters. The molecule has 0 N–H and O–H groups in total. The fraction of sp³-hybridized carbons (Fsp3) is 0.741. The van der Waals surface area contributed by atoms with E-state index in [1.165, 1.54) is 5.56 Å². The zero-order valence-electron chi connectivity index (χ0n) is 22.5. The number of piperidine rings is 1. The Morgan fingerprint density at radius 2 is 1.76 bits per heavy atom. The van der Waals surface area contributed by atoms with Crippen LogP contribution in [0.3, 0.4) is 0 Å². The molecule has 0 aliphatic carbocycles. The van der Waals surface area contributed by atoms with Gasteiger partial charge >= 0.3 is 0 Å². The van der Waals surface area contributed by atoms with Crippen LogP contribution in [0.1, 0.15) is 85.8 Å². The maximum Gasteiger partial charge on any atom is 0.122 e. The van der Waals surface area contributed by atoms with Gasteiger partial charge in [0, 0.05) is 24.3 Å². The van der Waals surface area contributed by atoms with E-state index in [1.807, 2.05) is 0 Å². The number of hydroxylamine groups is 2. The Bertz CT molecular complexity index is 742. The van der Waals surface area contributed by atoms with Crippen molar-refractivity contribution in [3.05, 3.63) is 35.9 Å². The van der Waals surface area contributed by atoms with Crippen molar-refractivity contribution in [1.29, 1.82) is 0 Å². The fourth-order valence-electron chi connectivity index (χ4n) is 4.63. The van der Waals surface area contributed by atoms with Gasteiger partial charge in [-0.25, -0.2) is 0 Å². The molecule has 1 aliphatic heterocycles. The summed E-state index contributed by atoms with van der Waals surface area (Å²) >= 11 is 0. The number of quaternary nitrogens is 1. The van der Waals surface area contributed by atoms with Gasteiger partial charge < -0.3 is 26.3 Å². The molecule has 33 heavy (non-hydrogen) atoms. The normalized spacial score (nSPS) is 28.4. The molecule has 4 atom stereocenters. The minimum atomic E-state index is -0.157. The molecule has 0 aromatic heterocycles. The molecule has 5 nitrogen and oxygen atoms in total. The topological polar surface area (TPSA) is 34.1 Å². The monoisotopic (exact) mass is 525 g/mol. The van der Waals surface area contributed by atoms with Crippen molar-refractivity contribution in [2.24, 2.45) is 11.1 Å². The maximum absolute atomic E-state index is 6.74. The van der Waals surface area contributed by atoms with Gasteiger partial charge in [-0.2, -0.15) is 5.06 Å². The lowest BCUT2D eigenvalue weighted by molar-refractivity contribution is -0.888. The molecule has 0 bridgehead atoms. The zero-order valence-corrected chi connectivity index (χ0v) is 24.1. The van der Waals surface area contributed by atoms with Crippen molar-refractivity contribution in [1.82, 2.24) is 5.06 Å². The second-order valence-electron chi connectivity index (χ2n) is 10.7. The van der Waals surface area contributed by atoms with Crippen molar-refractivity contribution in [3.8, 4) is 0 Å². The Hall–Kier alpha value is -0.950. The summed E-state index contributed by atoms with van der Waals surface area (Å²) in [5.74, 6) is 0.248. The molecule has 2 rings (SSSR count). The van der Waals surface area contributed by atoms with E-state index >= 15 is 0 Å². The zero-order chi connectivity index (χ0) is 24.0. The van der Waals surface area contributed by atoms with Crippen molar-refractivity contribution < 1.29 is 31.1 Å². The molecule has 0 saturated carbocycles. The van der Waals surface area contributed by atoms with Crippen LogP contribution in [0.15, 0.2) is 35.5 Å². The summed E-state index contributed by atoms with van der Waals surface area (Å²) in [6.07, 6.45) is 3.84. The van der Waals surface area contributed by atoms with Gasteiger partial charge in [0.05, 0.1) is 38.4 Å². The van der Waals surface area contributed by atoms with Crippen LogP contribution in [0.25, 0.3) is 0 Å². The smallest absolute Gasteiger partial charge is 0.122 e. The SMILES string of the molecule is CCC1(C)CC(=NOCCC[N+](C)(C)CC)C(C)C(C)(CC)N1OC(C)c1ccccc1.[Br-]. The van der Waals surface area contributed by atoms with Gasteiger partial charge in [-0.05, 0) is 46.1 Å². The molecule has 1 aromatic rings. The highest BCUT2D eigenvalue weighted by atomic mass is 79.9. The summed E-state index contributed by atoms with van der Waals surface area (Å²) in [6, 6.07) is 10.5. The highest BCUT2D eigenvalue weighted by Gasteiger charge is 2.53. The molecule has 0 spiro atoms. The second-order valence-corrected chi connectivity index (χ2v) is 10.7. The summed E-state index contributed by atoms with van der Waals surface area (Å²) in [7, 11) is 4.53. The molecular formula is C27H48BrN3O2. The summed E-state index contributed by atoms with van der Waals surface area (Å²) in [4.78, 5) is 12.6. The third kappa shape index (κ3) is 7.27. The average Bonchev–Trinajstić information content (AvgIpc) is 2.80. The highest BCUT2D eigenvalue weighted by Crippen LogP contribution is 2.46. The molecule has 190 valence electrons. The van der Waals surface area contributed by atoms with Crippen molar-refractivity contribution in [3.63, 3.8) is 0 Å². The summed E-state index contributed by atoms with van der Waals surface area (Å²) in [6.45, 7) is 18.7. The van der Waals surface area contributed by atoms with Crippen LogP contribution < -0.4 is 17.0 Å². The molecule has 1 fully saturated rings. The maximum atomic E-state index is 6.74. The quantitative estimate of drug-likeness (QED) is 0.252. The number of halogens is 1. The predicted molar refractivity (Wildman–Crippen MR) is 134 cm³/mol. The van der Waals surface area contributed by atoms with E-state index < -0.39 is 0 Å². The Morgan fingerprint density at radius 3 is 2.30 bits per heavy atom. The molecule has 0 radical (unpaired) electrons. The van der Waals surface area contributed by atoms with Crippen LogP contribution in [0.4, 0.5) is 0 Å². The molecule has 1 aliphatic rings. The number of nitrogens with zero attached hydrogens (tertiary/aromatic N) is 3. The van der Waals surface area contributed by atoms with Crippen LogP contribution in [0.2, 0.25) is 0 Å². The van der Waals surface area contributed by atoms with E-state index in [9.17, 15) is 0 Å². The molecule has 1 saturated heterocycles. The number of hydrogen-bond acceptors (Lipinski definition) is 4. The molecule has 1 heterocycles. The summed E-state index contributed by atoms with van der Waals surface area (Å²) in [5, 5.41) is 7.00. The van der Waals surface area contributed by atoms with Gasteiger partial charge in [0.25, 0.3) is 0 Å². The van der Waals surface area contributed by atoms with Gasteiger partial charge in [0.1, 0.15) is 12.7 Å². The van der Waals surface area contributed by atoms with E-state index in [-0.39, 0.29) is 40.1 Å². The van der Waals surface area contributed by atoms with Gasteiger partial charge in [0.15, 0.2) is 0 Å². The first kappa shape index (κ1) is 30.1. The summed E-state index contributed by atoms with van der Waals surface area (Å²) < 4.78 is 1.02. The third-order valence-electron chi connectivity index (χ3n) is 8.00. The summed E-state index contributed by atoms with van der Waals surface area (Å²) in [5.41, 5.74) is 2.07. The molecule has 6 heteroatoms. The van der Waals surface area contributed by atoms with Crippen molar-refractivity contribution >= 4 is 5.71 Å². The lowest BCUT2D eigenvalue weighted by Gasteiger charge is -2.57. The van der Waals surface area contributed by atoms with E-state index in [0.717, 1.165) is 49.0 Å². The lowest BCUT2D eigenvalue weighted by Crippen LogP contribution is -3.00. The predicted octanol–water partition coefficient (Wildman–Crippen LogP) is 3.22. The van der Waals surface area contributed by atoms with Gasteiger partial charge in [0.2, 0.25) is 0 Å². The lowest BCUT2D eigenvalue weighted by atomic mass is 9.70. The second kappa shape index (κ2) is 12.7. The van der Waals surface area contributed by atoms with Gasteiger partial charge in [-0.1, -0.05) is 56.3 Å².